The monoisotopic (exact) mass is 389 g/mol. The van der Waals surface area contributed by atoms with Crippen molar-refractivity contribution in [3.63, 3.8) is 0 Å². The van der Waals surface area contributed by atoms with Crippen LogP contribution in [0.2, 0.25) is 0 Å². The predicted molar refractivity (Wildman–Crippen MR) is 115 cm³/mol. The van der Waals surface area contributed by atoms with Crippen LogP contribution in [0.25, 0.3) is 0 Å². The summed E-state index contributed by atoms with van der Waals surface area (Å²) in [5.41, 5.74) is 2.34. The van der Waals surface area contributed by atoms with Crippen molar-refractivity contribution in [1.29, 1.82) is 0 Å². The van der Waals surface area contributed by atoms with Gasteiger partial charge in [-0.3, -0.25) is 0 Å². The zero-order valence-electron chi connectivity index (χ0n) is 16.0. The summed E-state index contributed by atoms with van der Waals surface area (Å²) < 4.78 is 11.3. The summed E-state index contributed by atoms with van der Waals surface area (Å²) >= 11 is 0. The Balaban J connectivity index is 1.47. The summed E-state index contributed by atoms with van der Waals surface area (Å²) in [5.74, 6) is 1.29. The van der Waals surface area contributed by atoms with Gasteiger partial charge in [0.25, 0.3) is 0 Å². The lowest BCUT2D eigenvalue weighted by atomic mass is 10.2. The van der Waals surface area contributed by atoms with Crippen molar-refractivity contribution in [2.45, 2.75) is 0 Å². The lowest BCUT2D eigenvalue weighted by molar-refractivity contribution is 0.123. The van der Waals surface area contributed by atoms with Crippen LogP contribution in [-0.2, 0) is 4.74 Å². The Labute approximate surface area is 170 Å². The number of benzene rings is 3. The minimum Gasteiger partial charge on any atom is -0.455 e. The van der Waals surface area contributed by atoms with Crippen LogP contribution in [0.1, 0.15) is 0 Å². The van der Waals surface area contributed by atoms with Crippen LogP contribution < -0.4 is 20.3 Å². The second-order valence-electron chi connectivity index (χ2n) is 6.61. The summed E-state index contributed by atoms with van der Waals surface area (Å²) in [6.45, 7) is 2.97. The van der Waals surface area contributed by atoms with E-state index in [1.54, 1.807) is 0 Å². The first-order chi connectivity index (χ1) is 14.3. The smallest absolute Gasteiger partial charge is 0.323 e. The van der Waals surface area contributed by atoms with Gasteiger partial charge in [0.2, 0.25) is 0 Å². The molecule has 2 N–H and O–H groups in total. The highest BCUT2D eigenvalue weighted by atomic mass is 16.5. The molecular formula is C23H23N3O3. The molecule has 0 aromatic heterocycles. The number of hydrogen-bond acceptors (Lipinski definition) is 4. The van der Waals surface area contributed by atoms with E-state index in [9.17, 15) is 4.79 Å². The number of ether oxygens (including phenoxy) is 2. The van der Waals surface area contributed by atoms with E-state index in [4.69, 9.17) is 9.47 Å². The number of hydrogen-bond donors (Lipinski definition) is 2. The molecule has 6 heteroatoms. The Kier molecular flexibility index (Phi) is 5.92. The van der Waals surface area contributed by atoms with Crippen molar-refractivity contribution in [3.8, 4) is 11.5 Å². The van der Waals surface area contributed by atoms with Gasteiger partial charge in [-0.15, -0.1) is 0 Å². The average molecular weight is 389 g/mol. The lowest BCUT2D eigenvalue weighted by Gasteiger charge is -2.30. The molecule has 1 aliphatic heterocycles. The SMILES string of the molecule is O=C(Nc1ccccc1Oc1ccccc1)Nc1ccccc1N1CCOCC1. The molecule has 0 radical (unpaired) electrons. The minimum atomic E-state index is -0.324. The normalized spacial score (nSPS) is 13.6. The summed E-state index contributed by atoms with van der Waals surface area (Å²) in [5, 5.41) is 5.85. The Morgan fingerprint density at radius 2 is 1.41 bits per heavy atom. The van der Waals surface area contributed by atoms with E-state index in [0.717, 1.165) is 24.5 Å². The molecule has 3 aromatic rings. The quantitative estimate of drug-likeness (QED) is 0.647. The molecule has 1 aliphatic rings. The molecule has 0 unspecified atom stereocenters. The second-order valence-corrected chi connectivity index (χ2v) is 6.61. The third kappa shape index (κ3) is 4.86. The number of carbonyl (C=O) groups is 1. The Bertz CT molecular complexity index is 956. The molecule has 4 rings (SSSR count). The number of morpholine rings is 1. The number of nitrogens with zero attached hydrogens (tertiary/aromatic N) is 1. The van der Waals surface area contributed by atoms with Crippen LogP contribution >= 0.6 is 0 Å². The zero-order valence-corrected chi connectivity index (χ0v) is 16.0. The highest BCUT2D eigenvalue weighted by Gasteiger charge is 2.16. The standard InChI is InChI=1S/C23H23N3O3/c27-23(24-19-10-4-6-12-21(19)26-14-16-28-17-15-26)25-20-11-5-7-13-22(20)29-18-8-2-1-3-9-18/h1-13H,14-17H2,(H2,24,25,27). The fraction of sp³-hybridized carbons (Fsp3) is 0.174. The maximum absolute atomic E-state index is 12.7. The third-order valence-electron chi connectivity index (χ3n) is 4.61. The molecule has 29 heavy (non-hydrogen) atoms. The van der Waals surface area contributed by atoms with Gasteiger partial charge in [-0.1, -0.05) is 42.5 Å². The Morgan fingerprint density at radius 1 is 0.793 bits per heavy atom. The zero-order chi connectivity index (χ0) is 19.9. The van der Waals surface area contributed by atoms with Gasteiger partial charge in [-0.25, -0.2) is 4.79 Å². The van der Waals surface area contributed by atoms with Crippen LogP contribution in [0.3, 0.4) is 0 Å². The van der Waals surface area contributed by atoms with Crippen molar-refractivity contribution in [3.05, 3.63) is 78.9 Å². The number of anilines is 3. The Hall–Kier alpha value is -3.51. The summed E-state index contributed by atoms with van der Waals surface area (Å²) in [6, 6.07) is 24.3. The van der Waals surface area contributed by atoms with E-state index in [-0.39, 0.29) is 6.03 Å². The first-order valence-electron chi connectivity index (χ1n) is 9.61. The van der Waals surface area contributed by atoms with Crippen molar-refractivity contribution in [2.75, 3.05) is 41.8 Å². The van der Waals surface area contributed by atoms with E-state index in [0.29, 0.717) is 30.4 Å². The molecule has 0 saturated carbocycles. The van der Waals surface area contributed by atoms with E-state index in [1.165, 1.54) is 0 Å². The van der Waals surface area contributed by atoms with E-state index in [2.05, 4.69) is 15.5 Å². The number of urea groups is 1. The summed E-state index contributed by atoms with van der Waals surface area (Å²) in [6.07, 6.45) is 0. The second kappa shape index (κ2) is 9.12. The molecule has 0 spiro atoms. The first-order valence-corrected chi connectivity index (χ1v) is 9.61. The average Bonchev–Trinajstić information content (AvgIpc) is 2.77. The molecule has 1 fully saturated rings. The van der Waals surface area contributed by atoms with E-state index < -0.39 is 0 Å². The van der Waals surface area contributed by atoms with Gasteiger partial charge in [0.1, 0.15) is 5.75 Å². The fourth-order valence-electron chi connectivity index (χ4n) is 3.21. The van der Waals surface area contributed by atoms with Gasteiger partial charge in [-0.05, 0) is 36.4 Å². The van der Waals surface area contributed by atoms with Crippen molar-refractivity contribution >= 4 is 23.1 Å². The molecule has 0 atom stereocenters. The molecule has 1 saturated heterocycles. The fourth-order valence-corrected chi connectivity index (χ4v) is 3.21. The largest absolute Gasteiger partial charge is 0.455 e. The summed E-state index contributed by atoms with van der Waals surface area (Å²) in [4.78, 5) is 14.9. The molecule has 0 bridgehead atoms. The van der Waals surface area contributed by atoms with Gasteiger partial charge >= 0.3 is 6.03 Å². The molecule has 0 aliphatic carbocycles. The van der Waals surface area contributed by atoms with Gasteiger partial charge in [-0.2, -0.15) is 0 Å². The maximum Gasteiger partial charge on any atom is 0.323 e. The topological polar surface area (TPSA) is 62.8 Å². The van der Waals surface area contributed by atoms with Crippen LogP contribution in [0.5, 0.6) is 11.5 Å². The predicted octanol–water partition coefficient (Wildman–Crippen LogP) is 4.96. The molecule has 1 heterocycles. The van der Waals surface area contributed by atoms with Crippen LogP contribution in [0.4, 0.5) is 21.9 Å². The Morgan fingerprint density at radius 3 is 2.21 bits per heavy atom. The van der Waals surface area contributed by atoms with Gasteiger partial charge in [0.15, 0.2) is 5.75 Å². The third-order valence-corrected chi connectivity index (χ3v) is 4.61. The number of para-hydroxylation sites is 5. The van der Waals surface area contributed by atoms with Crippen LogP contribution in [0, 0.1) is 0 Å². The first kappa shape index (κ1) is 18.8. The lowest BCUT2D eigenvalue weighted by Crippen LogP contribution is -2.37. The minimum absolute atomic E-state index is 0.324. The maximum atomic E-state index is 12.7. The number of carbonyl (C=O) groups excluding carboxylic acids is 1. The van der Waals surface area contributed by atoms with E-state index in [1.807, 2.05) is 78.9 Å². The van der Waals surface area contributed by atoms with Gasteiger partial charge < -0.3 is 25.0 Å². The number of rotatable bonds is 5. The molecule has 3 aromatic carbocycles. The number of amides is 2. The van der Waals surface area contributed by atoms with Gasteiger partial charge in [0.05, 0.1) is 30.3 Å². The molecular weight excluding hydrogens is 366 g/mol. The van der Waals surface area contributed by atoms with Crippen LogP contribution in [0.15, 0.2) is 78.9 Å². The van der Waals surface area contributed by atoms with Crippen molar-refractivity contribution < 1.29 is 14.3 Å². The highest BCUT2D eigenvalue weighted by molar-refractivity contribution is 6.02. The van der Waals surface area contributed by atoms with Crippen molar-refractivity contribution in [1.82, 2.24) is 0 Å². The number of nitrogens with one attached hydrogen (secondary N) is 2. The van der Waals surface area contributed by atoms with Gasteiger partial charge in [0, 0.05) is 13.1 Å². The van der Waals surface area contributed by atoms with Crippen LogP contribution in [-0.4, -0.2) is 32.3 Å². The summed E-state index contributed by atoms with van der Waals surface area (Å²) in [7, 11) is 0. The van der Waals surface area contributed by atoms with E-state index >= 15 is 0 Å². The molecule has 6 nitrogen and oxygen atoms in total. The molecule has 2 amide bonds. The van der Waals surface area contributed by atoms with Crippen molar-refractivity contribution in [2.24, 2.45) is 0 Å². The highest BCUT2D eigenvalue weighted by Crippen LogP contribution is 2.30. The molecule has 148 valence electrons.